The summed E-state index contributed by atoms with van der Waals surface area (Å²) in [4.78, 5) is 0. The minimum absolute atomic E-state index is 0.158. The van der Waals surface area contributed by atoms with E-state index < -0.39 is 0 Å². The van der Waals surface area contributed by atoms with Crippen molar-refractivity contribution in [2.24, 2.45) is 20.4 Å². The Labute approximate surface area is 167 Å². The molecule has 7 heteroatoms. The second-order valence-electron chi connectivity index (χ2n) is 6.09. The summed E-state index contributed by atoms with van der Waals surface area (Å²) in [7, 11) is 0. The molecule has 0 unspecified atom stereocenters. The number of benzene rings is 3. The number of azo groups is 1. The zero-order chi connectivity index (χ0) is 19.9. The monoisotopic (exact) mass is 381 g/mol. The summed E-state index contributed by atoms with van der Waals surface area (Å²) in [6.45, 7) is 0. The van der Waals surface area contributed by atoms with Gasteiger partial charge in [0.2, 0.25) is 0 Å². The first-order chi connectivity index (χ1) is 14.3. The molecular formula is C22H17N6O-. The Morgan fingerprint density at radius 2 is 1.03 bits per heavy atom. The average molecular weight is 381 g/mol. The van der Waals surface area contributed by atoms with Crippen molar-refractivity contribution < 1.29 is 5.11 Å². The molecule has 7 nitrogen and oxygen atoms in total. The summed E-state index contributed by atoms with van der Waals surface area (Å²) in [5, 5.41) is 29.8. The van der Waals surface area contributed by atoms with E-state index in [1.807, 2.05) is 78.9 Å². The third-order valence-corrected chi connectivity index (χ3v) is 4.04. The first-order valence-corrected chi connectivity index (χ1v) is 8.98. The molecule has 0 spiro atoms. The highest BCUT2D eigenvalue weighted by Gasteiger charge is 2.10. The van der Waals surface area contributed by atoms with Crippen LogP contribution < -0.4 is 26.7 Å². The first-order valence-electron chi connectivity index (χ1n) is 8.98. The van der Waals surface area contributed by atoms with Gasteiger partial charge in [-0.15, -0.1) is 5.11 Å². The van der Waals surface area contributed by atoms with Gasteiger partial charge in [0.1, 0.15) is 16.4 Å². The Bertz CT molecular complexity index is 1190. The molecule has 2 N–H and O–H groups in total. The minimum atomic E-state index is -0.318. The summed E-state index contributed by atoms with van der Waals surface area (Å²) < 4.78 is 0. The fraction of sp³-hybridized carbons (Fsp3) is 0. The van der Waals surface area contributed by atoms with Gasteiger partial charge in [-0.3, -0.25) is 10.9 Å². The standard InChI is InChI=1S/C22H18N6O/c29-22-20(27-24-17-12-6-2-7-13-17)19(26-23-16-10-4-1-5-11-16)21(22)28-25-18-14-8-3-9-15-18/h1-15,23-24,29H/p-1. The molecule has 0 bridgehead atoms. The van der Waals surface area contributed by atoms with Crippen LogP contribution in [0.5, 0.6) is 5.75 Å². The molecule has 0 radical (unpaired) electrons. The molecular weight excluding hydrogens is 364 g/mol. The summed E-state index contributed by atoms with van der Waals surface area (Å²) in [5.41, 5.74) is 8.16. The number of hydrogen-bond donors (Lipinski definition) is 2. The predicted octanol–water partition coefficient (Wildman–Crippen LogP) is 3.91. The average Bonchev–Trinajstić information content (AvgIpc) is 2.78. The van der Waals surface area contributed by atoms with Crippen molar-refractivity contribution in [3.05, 3.63) is 102 Å². The maximum atomic E-state index is 12.6. The van der Waals surface area contributed by atoms with E-state index in [1.54, 1.807) is 12.1 Å². The van der Waals surface area contributed by atoms with Gasteiger partial charge in [0.05, 0.1) is 17.1 Å². The molecule has 0 aliphatic carbocycles. The molecule has 0 amide bonds. The summed E-state index contributed by atoms with van der Waals surface area (Å²) in [5.74, 6) is -0.318. The molecule has 0 aliphatic rings. The Hall–Kier alpha value is -4.26. The Balaban J connectivity index is 1.68. The topological polar surface area (TPSA) is 96.6 Å². The van der Waals surface area contributed by atoms with Crippen molar-refractivity contribution in [3.63, 3.8) is 0 Å². The minimum Gasteiger partial charge on any atom is -0.869 e. The predicted molar refractivity (Wildman–Crippen MR) is 110 cm³/mol. The quantitative estimate of drug-likeness (QED) is 0.391. The van der Waals surface area contributed by atoms with E-state index in [1.165, 1.54) is 0 Å². The first kappa shape index (κ1) is 18.1. The lowest BCUT2D eigenvalue weighted by atomic mass is 10.2. The van der Waals surface area contributed by atoms with Crippen molar-refractivity contribution in [3.8, 4) is 5.75 Å². The van der Waals surface area contributed by atoms with Crippen LogP contribution in [0.3, 0.4) is 0 Å². The lowest BCUT2D eigenvalue weighted by Gasteiger charge is -2.15. The smallest absolute Gasteiger partial charge is 0.137 e. The van der Waals surface area contributed by atoms with Crippen LogP contribution in [0.1, 0.15) is 0 Å². The van der Waals surface area contributed by atoms with Gasteiger partial charge < -0.3 is 5.11 Å². The molecule has 0 fully saturated rings. The fourth-order valence-corrected chi connectivity index (χ4v) is 2.55. The third kappa shape index (κ3) is 4.36. The van der Waals surface area contributed by atoms with Gasteiger partial charge >= 0.3 is 0 Å². The maximum absolute atomic E-state index is 12.6. The van der Waals surface area contributed by atoms with E-state index in [-0.39, 0.29) is 16.8 Å². The molecule has 29 heavy (non-hydrogen) atoms. The van der Waals surface area contributed by atoms with Gasteiger partial charge in [-0.25, -0.2) is 0 Å². The van der Waals surface area contributed by atoms with E-state index in [9.17, 15) is 5.11 Å². The zero-order valence-corrected chi connectivity index (χ0v) is 15.4. The molecule has 0 heterocycles. The van der Waals surface area contributed by atoms with Crippen molar-refractivity contribution >= 4 is 22.7 Å². The van der Waals surface area contributed by atoms with Crippen molar-refractivity contribution in [2.45, 2.75) is 0 Å². The van der Waals surface area contributed by atoms with Gasteiger partial charge in [-0.05, 0) is 42.1 Å². The van der Waals surface area contributed by atoms with E-state index in [0.29, 0.717) is 11.0 Å². The van der Waals surface area contributed by atoms with Crippen LogP contribution >= 0.6 is 0 Å². The molecule has 0 aromatic heterocycles. The van der Waals surface area contributed by atoms with Crippen molar-refractivity contribution in [2.75, 3.05) is 10.9 Å². The molecule has 4 aromatic carbocycles. The summed E-state index contributed by atoms with van der Waals surface area (Å²) in [6, 6.07) is 28.0. The van der Waals surface area contributed by atoms with Gasteiger partial charge in [-0.2, -0.15) is 15.3 Å². The van der Waals surface area contributed by atoms with Crippen LogP contribution in [0.15, 0.2) is 111 Å². The largest absolute Gasteiger partial charge is 0.869 e. The number of nitrogens with zero attached hydrogens (tertiary/aromatic N) is 4. The van der Waals surface area contributed by atoms with Crippen LogP contribution in [-0.4, -0.2) is 0 Å². The summed E-state index contributed by atoms with van der Waals surface area (Å²) in [6.07, 6.45) is 0. The maximum Gasteiger partial charge on any atom is 0.137 e. The highest BCUT2D eigenvalue weighted by molar-refractivity contribution is 5.56. The molecule has 142 valence electrons. The van der Waals surface area contributed by atoms with Crippen molar-refractivity contribution in [1.82, 2.24) is 0 Å². The van der Waals surface area contributed by atoms with Crippen LogP contribution in [0.4, 0.5) is 22.7 Å². The number of para-hydroxylation sites is 2. The number of rotatable bonds is 6. The lowest BCUT2D eigenvalue weighted by Crippen LogP contribution is -2.37. The van der Waals surface area contributed by atoms with Gasteiger partial charge in [0, 0.05) is 0 Å². The van der Waals surface area contributed by atoms with Crippen LogP contribution in [0, 0.1) is 0 Å². The second kappa shape index (κ2) is 8.62. The molecule has 4 rings (SSSR count). The Morgan fingerprint density at radius 3 is 1.59 bits per heavy atom. The molecule has 0 atom stereocenters. The van der Waals surface area contributed by atoms with E-state index in [2.05, 4.69) is 31.3 Å². The second-order valence-corrected chi connectivity index (χ2v) is 6.09. The highest BCUT2D eigenvalue weighted by Crippen LogP contribution is 2.21. The van der Waals surface area contributed by atoms with E-state index in [4.69, 9.17) is 0 Å². The normalized spacial score (nSPS) is 12.6. The van der Waals surface area contributed by atoms with Gasteiger partial charge in [0.25, 0.3) is 0 Å². The van der Waals surface area contributed by atoms with E-state index in [0.717, 1.165) is 11.4 Å². The number of hydrogen-bond acceptors (Lipinski definition) is 7. The van der Waals surface area contributed by atoms with E-state index >= 15 is 0 Å². The number of nitrogens with one attached hydrogen (secondary N) is 2. The third-order valence-electron chi connectivity index (χ3n) is 4.04. The molecule has 0 saturated carbocycles. The highest BCUT2D eigenvalue weighted by atomic mass is 16.3. The van der Waals surface area contributed by atoms with Gasteiger partial charge in [-0.1, -0.05) is 54.6 Å². The van der Waals surface area contributed by atoms with Crippen LogP contribution in [0.25, 0.3) is 0 Å². The summed E-state index contributed by atoms with van der Waals surface area (Å²) >= 11 is 0. The molecule has 4 aromatic rings. The van der Waals surface area contributed by atoms with Crippen LogP contribution in [0.2, 0.25) is 0 Å². The Kier molecular flexibility index (Phi) is 5.39. The molecule has 0 saturated heterocycles. The molecule has 0 aliphatic heterocycles. The number of anilines is 2. The van der Waals surface area contributed by atoms with Crippen molar-refractivity contribution in [1.29, 1.82) is 0 Å². The lowest BCUT2D eigenvalue weighted by molar-refractivity contribution is -0.270. The fourth-order valence-electron chi connectivity index (χ4n) is 2.55. The zero-order valence-electron chi connectivity index (χ0n) is 15.4. The van der Waals surface area contributed by atoms with Gasteiger partial charge in [0.15, 0.2) is 0 Å². The SMILES string of the molecule is [O-]c1c(N=Nc2ccccc2)c(=NNc2ccccc2)c1=NNc1ccccc1. The van der Waals surface area contributed by atoms with Crippen LogP contribution in [-0.2, 0) is 0 Å². The Morgan fingerprint density at radius 1 is 0.552 bits per heavy atom.